The normalized spacial score (nSPS) is 14.1. The van der Waals surface area contributed by atoms with E-state index in [1.165, 1.54) is 7.11 Å². The molecule has 5 heteroatoms. The molecule has 0 bridgehead atoms. The highest BCUT2D eigenvalue weighted by Crippen LogP contribution is 2.24. The van der Waals surface area contributed by atoms with Crippen LogP contribution in [0, 0.1) is 0 Å². The number of hydrogen-bond donors (Lipinski definition) is 1. The van der Waals surface area contributed by atoms with Crippen molar-refractivity contribution in [3.63, 3.8) is 0 Å². The minimum atomic E-state index is -0.261. The number of carbonyl (C=O) groups excluding carboxylic acids is 1. The van der Waals surface area contributed by atoms with Crippen molar-refractivity contribution in [2.75, 3.05) is 7.11 Å². The maximum atomic E-state index is 11.4. The van der Waals surface area contributed by atoms with E-state index in [0.29, 0.717) is 0 Å². The second kappa shape index (κ2) is 6.71. The monoisotopic (exact) mass is 300 g/mol. The highest BCUT2D eigenvalue weighted by molar-refractivity contribution is 9.10. The van der Waals surface area contributed by atoms with Crippen LogP contribution in [0.4, 0.5) is 0 Å². The van der Waals surface area contributed by atoms with Gasteiger partial charge in [0.05, 0.1) is 13.5 Å². The van der Waals surface area contributed by atoms with E-state index < -0.39 is 0 Å². The maximum absolute atomic E-state index is 11.4. The van der Waals surface area contributed by atoms with Crippen molar-refractivity contribution in [2.45, 2.75) is 31.7 Å². The van der Waals surface area contributed by atoms with Gasteiger partial charge < -0.3 is 10.5 Å². The van der Waals surface area contributed by atoms with Crippen LogP contribution in [0.2, 0.25) is 0 Å². The Kier molecular flexibility index (Phi) is 5.58. The molecule has 0 aromatic carbocycles. The van der Waals surface area contributed by atoms with Crippen LogP contribution in [0.15, 0.2) is 22.8 Å². The highest BCUT2D eigenvalue weighted by Gasteiger charge is 2.23. The molecule has 0 saturated heterocycles. The first kappa shape index (κ1) is 14.1. The maximum Gasteiger partial charge on any atom is 0.306 e. The van der Waals surface area contributed by atoms with Crippen LogP contribution >= 0.6 is 15.9 Å². The van der Waals surface area contributed by atoms with Crippen LogP contribution in [0.5, 0.6) is 0 Å². The number of nitrogens with zero attached hydrogens (tertiary/aromatic N) is 1. The Labute approximate surface area is 110 Å². The third-order valence-electron chi connectivity index (χ3n) is 2.73. The van der Waals surface area contributed by atoms with Gasteiger partial charge in [-0.05, 0) is 34.5 Å². The third kappa shape index (κ3) is 4.09. The zero-order valence-corrected chi connectivity index (χ0v) is 11.6. The zero-order valence-electron chi connectivity index (χ0n) is 10.0. The lowest BCUT2D eigenvalue weighted by molar-refractivity contribution is -0.141. The number of rotatable bonds is 5. The van der Waals surface area contributed by atoms with E-state index in [4.69, 9.17) is 5.73 Å². The Bertz CT molecular complexity index is 367. The lowest BCUT2D eigenvalue weighted by Crippen LogP contribution is -2.30. The molecule has 1 heterocycles. The topological polar surface area (TPSA) is 65.2 Å². The molecule has 0 aliphatic carbocycles. The first-order chi connectivity index (χ1) is 8.08. The van der Waals surface area contributed by atoms with Crippen molar-refractivity contribution in [2.24, 2.45) is 5.73 Å². The van der Waals surface area contributed by atoms with Crippen molar-refractivity contribution in [3.8, 4) is 0 Å². The molecule has 1 rings (SSSR count). The number of methoxy groups -OCH3 is 1. The second-order valence-corrected chi connectivity index (χ2v) is 4.78. The first-order valence-electron chi connectivity index (χ1n) is 5.52. The fourth-order valence-corrected chi connectivity index (χ4v) is 1.86. The Morgan fingerprint density at radius 3 is 2.76 bits per heavy atom. The predicted octanol–water partition coefficient (Wildman–Crippen LogP) is 2.23. The molecule has 1 aromatic heterocycles. The zero-order chi connectivity index (χ0) is 12.8. The number of aromatic nitrogens is 1. The van der Waals surface area contributed by atoms with Crippen molar-refractivity contribution in [1.82, 2.24) is 4.98 Å². The summed E-state index contributed by atoms with van der Waals surface area (Å²) in [5.74, 6) is -0.357. The van der Waals surface area contributed by atoms with E-state index in [1.54, 1.807) is 6.20 Å². The molecule has 0 spiro atoms. The minimum Gasteiger partial charge on any atom is -0.469 e. The average molecular weight is 301 g/mol. The van der Waals surface area contributed by atoms with Gasteiger partial charge in [0, 0.05) is 28.3 Å². The number of carbonyl (C=O) groups is 1. The molecule has 1 aromatic rings. The quantitative estimate of drug-likeness (QED) is 0.847. The van der Waals surface area contributed by atoms with Crippen LogP contribution in [0.1, 0.15) is 31.4 Å². The fourth-order valence-electron chi connectivity index (χ4n) is 1.63. The summed E-state index contributed by atoms with van der Waals surface area (Å²) in [6, 6.07) is 3.69. The van der Waals surface area contributed by atoms with Crippen molar-refractivity contribution >= 4 is 21.9 Å². The lowest BCUT2D eigenvalue weighted by atomic mass is 9.91. The molecule has 94 valence electrons. The van der Waals surface area contributed by atoms with Gasteiger partial charge >= 0.3 is 5.97 Å². The minimum absolute atomic E-state index is 0.0947. The SMILES string of the molecule is CCC(N)C(CC(=O)OC)c1ccc(Br)cn1. The summed E-state index contributed by atoms with van der Waals surface area (Å²) in [4.78, 5) is 15.7. The molecule has 0 aliphatic rings. The number of esters is 1. The Balaban J connectivity index is 2.89. The standard InChI is InChI=1S/C12H17BrN2O2/c1-3-10(14)9(6-12(16)17-2)11-5-4-8(13)7-15-11/h4-5,7,9-10H,3,6,14H2,1-2H3. The first-order valence-corrected chi connectivity index (χ1v) is 6.31. The molecule has 2 N–H and O–H groups in total. The Morgan fingerprint density at radius 2 is 2.29 bits per heavy atom. The summed E-state index contributed by atoms with van der Waals surface area (Å²) < 4.78 is 5.59. The highest BCUT2D eigenvalue weighted by atomic mass is 79.9. The van der Waals surface area contributed by atoms with Gasteiger partial charge in [-0.2, -0.15) is 0 Å². The molecule has 2 unspecified atom stereocenters. The van der Waals surface area contributed by atoms with E-state index in [2.05, 4.69) is 25.7 Å². The number of nitrogens with two attached hydrogens (primary N) is 1. The van der Waals surface area contributed by atoms with E-state index in [9.17, 15) is 4.79 Å². The molecule has 0 radical (unpaired) electrons. The van der Waals surface area contributed by atoms with E-state index in [0.717, 1.165) is 16.6 Å². The van der Waals surface area contributed by atoms with Crippen LogP contribution < -0.4 is 5.73 Å². The molecule has 0 amide bonds. The van der Waals surface area contributed by atoms with Gasteiger partial charge in [0.25, 0.3) is 0 Å². The predicted molar refractivity (Wildman–Crippen MR) is 69.6 cm³/mol. The largest absolute Gasteiger partial charge is 0.469 e. The smallest absolute Gasteiger partial charge is 0.306 e. The van der Waals surface area contributed by atoms with Gasteiger partial charge in [-0.1, -0.05) is 6.92 Å². The second-order valence-electron chi connectivity index (χ2n) is 3.86. The molecular formula is C12H17BrN2O2. The van der Waals surface area contributed by atoms with Gasteiger partial charge in [-0.3, -0.25) is 9.78 Å². The summed E-state index contributed by atoms with van der Waals surface area (Å²) in [7, 11) is 1.38. The van der Waals surface area contributed by atoms with Crippen LogP contribution in [-0.2, 0) is 9.53 Å². The van der Waals surface area contributed by atoms with Gasteiger partial charge in [0.15, 0.2) is 0 Å². The molecule has 17 heavy (non-hydrogen) atoms. The Morgan fingerprint density at radius 1 is 1.59 bits per heavy atom. The van der Waals surface area contributed by atoms with E-state index in [-0.39, 0.29) is 24.3 Å². The number of pyridine rings is 1. The molecular weight excluding hydrogens is 284 g/mol. The molecule has 0 fully saturated rings. The fraction of sp³-hybridized carbons (Fsp3) is 0.500. The molecule has 2 atom stereocenters. The molecule has 4 nitrogen and oxygen atoms in total. The van der Waals surface area contributed by atoms with Crippen LogP contribution in [0.25, 0.3) is 0 Å². The lowest BCUT2D eigenvalue weighted by Gasteiger charge is -2.21. The van der Waals surface area contributed by atoms with Gasteiger partial charge in [-0.25, -0.2) is 0 Å². The summed E-state index contributed by atoms with van der Waals surface area (Å²) in [6.07, 6.45) is 2.77. The van der Waals surface area contributed by atoms with E-state index in [1.807, 2.05) is 19.1 Å². The van der Waals surface area contributed by atoms with Crippen LogP contribution in [0.3, 0.4) is 0 Å². The van der Waals surface area contributed by atoms with E-state index >= 15 is 0 Å². The average Bonchev–Trinajstić information content (AvgIpc) is 2.36. The number of ether oxygens (including phenoxy) is 1. The van der Waals surface area contributed by atoms with Gasteiger partial charge in [-0.15, -0.1) is 0 Å². The number of halogens is 1. The van der Waals surface area contributed by atoms with Gasteiger partial charge in [0.1, 0.15) is 0 Å². The molecule has 0 saturated carbocycles. The van der Waals surface area contributed by atoms with Crippen molar-refractivity contribution < 1.29 is 9.53 Å². The summed E-state index contributed by atoms with van der Waals surface area (Å²) in [6.45, 7) is 1.99. The van der Waals surface area contributed by atoms with Crippen LogP contribution in [-0.4, -0.2) is 24.1 Å². The van der Waals surface area contributed by atoms with Gasteiger partial charge in [0.2, 0.25) is 0 Å². The summed E-state index contributed by atoms with van der Waals surface area (Å²) in [5.41, 5.74) is 6.86. The third-order valence-corrected chi connectivity index (χ3v) is 3.20. The summed E-state index contributed by atoms with van der Waals surface area (Å²) >= 11 is 3.33. The summed E-state index contributed by atoms with van der Waals surface area (Å²) in [5, 5.41) is 0. The Hall–Kier alpha value is -0.940. The number of hydrogen-bond acceptors (Lipinski definition) is 4. The van der Waals surface area contributed by atoms with Crippen molar-refractivity contribution in [3.05, 3.63) is 28.5 Å². The van der Waals surface area contributed by atoms with Crippen molar-refractivity contribution in [1.29, 1.82) is 0 Å². The molecule has 0 aliphatic heterocycles.